The standard InChI is InChI=1S/C32H38F2N2O/c33-28-15-25(16-29(34)19-28)17-31(32(37)30-18-26-13-7-8-14-27(26)20-35-30)36(21-23-9-3-1-4-10-23)22-24-11-5-2-6-12-24/h1-6,9-12,15-16,19,26-27,30-32,35,37H,7-8,13-14,17-18,20-22H2/t26?,27?,30-,31+,32-/m1/s1. The molecule has 0 bridgehead atoms. The molecule has 1 saturated heterocycles. The Hall–Kier alpha value is -2.60. The summed E-state index contributed by atoms with van der Waals surface area (Å²) < 4.78 is 28.4. The van der Waals surface area contributed by atoms with Crippen LogP contribution in [0.25, 0.3) is 0 Å². The lowest BCUT2D eigenvalue weighted by molar-refractivity contribution is -0.00740. The molecule has 2 aliphatic rings. The summed E-state index contributed by atoms with van der Waals surface area (Å²) in [6.07, 6.45) is 5.69. The molecule has 5 heteroatoms. The number of halogens is 2. The fraction of sp³-hybridized carbons (Fsp3) is 0.438. The van der Waals surface area contributed by atoms with E-state index in [0.717, 1.165) is 30.2 Å². The van der Waals surface area contributed by atoms with Crippen LogP contribution in [0.5, 0.6) is 0 Å². The van der Waals surface area contributed by atoms with Crippen molar-refractivity contribution in [1.29, 1.82) is 0 Å². The summed E-state index contributed by atoms with van der Waals surface area (Å²) >= 11 is 0. The molecule has 2 fully saturated rings. The van der Waals surface area contributed by atoms with Crippen LogP contribution in [0.4, 0.5) is 8.78 Å². The largest absolute Gasteiger partial charge is 0.390 e. The molecule has 5 atom stereocenters. The van der Waals surface area contributed by atoms with E-state index in [4.69, 9.17) is 0 Å². The van der Waals surface area contributed by atoms with E-state index >= 15 is 0 Å². The molecule has 1 saturated carbocycles. The summed E-state index contributed by atoms with van der Waals surface area (Å²) in [5, 5.41) is 15.6. The number of hydrogen-bond acceptors (Lipinski definition) is 3. The van der Waals surface area contributed by atoms with Gasteiger partial charge in [0.15, 0.2) is 0 Å². The third-order valence-corrected chi connectivity index (χ3v) is 8.37. The monoisotopic (exact) mass is 504 g/mol. The van der Waals surface area contributed by atoms with E-state index in [2.05, 4.69) is 34.5 Å². The minimum Gasteiger partial charge on any atom is -0.390 e. The van der Waals surface area contributed by atoms with Crippen molar-refractivity contribution < 1.29 is 13.9 Å². The van der Waals surface area contributed by atoms with Gasteiger partial charge in [0.05, 0.1) is 6.10 Å². The molecule has 3 nitrogen and oxygen atoms in total. The van der Waals surface area contributed by atoms with Crippen LogP contribution < -0.4 is 5.32 Å². The van der Waals surface area contributed by atoms with Crippen LogP contribution >= 0.6 is 0 Å². The van der Waals surface area contributed by atoms with E-state index in [1.807, 2.05) is 36.4 Å². The first-order chi connectivity index (χ1) is 18.0. The van der Waals surface area contributed by atoms with Gasteiger partial charge in [0.1, 0.15) is 11.6 Å². The topological polar surface area (TPSA) is 35.5 Å². The molecule has 1 aliphatic carbocycles. The van der Waals surface area contributed by atoms with E-state index < -0.39 is 17.7 Å². The number of piperidine rings is 1. The van der Waals surface area contributed by atoms with Crippen molar-refractivity contribution in [3.63, 3.8) is 0 Å². The van der Waals surface area contributed by atoms with Gasteiger partial charge in [-0.2, -0.15) is 0 Å². The Kier molecular flexibility index (Phi) is 8.65. The Labute approximate surface area is 219 Å². The molecule has 196 valence electrons. The highest BCUT2D eigenvalue weighted by molar-refractivity contribution is 5.22. The zero-order valence-electron chi connectivity index (χ0n) is 21.4. The third kappa shape index (κ3) is 6.84. The molecule has 3 aromatic carbocycles. The van der Waals surface area contributed by atoms with Crippen molar-refractivity contribution in [2.75, 3.05) is 6.54 Å². The second-order valence-electron chi connectivity index (χ2n) is 11.0. The van der Waals surface area contributed by atoms with E-state index in [-0.39, 0.29) is 12.1 Å². The molecule has 0 amide bonds. The predicted octanol–water partition coefficient (Wildman–Crippen LogP) is 6.11. The van der Waals surface area contributed by atoms with Gasteiger partial charge in [-0.15, -0.1) is 0 Å². The zero-order valence-corrected chi connectivity index (χ0v) is 21.4. The molecule has 0 aromatic heterocycles. The normalized spacial score (nSPS) is 23.4. The maximum Gasteiger partial charge on any atom is 0.126 e. The minimum atomic E-state index is -0.679. The highest BCUT2D eigenvalue weighted by atomic mass is 19.1. The van der Waals surface area contributed by atoms with Crippen LogP contribution in [0, 0.1) is 23.5 Å². The van der Waals surface area contributed by atoms with Gasteiger partial charge in [0, 0.05) is 31.2 Å². The average Bonchev–Trinajstić information content (AvgIpc) is 2.91. The number of fused-ring (bicyclic) bond motifs is 1. The number of hydrogen-bond donors (Lipinski definition) is 2. The lowest BCUT2D eigenvalue weighted by Crippen LogP contribution is -2.57. The van der Waals surface area contributed by atoms with Gasteiger partial charge in [-0.25, -0.2) is 8.78 Å². The van der Waals surface area contributed by atoms with E-state index in [0.29, 0.717) is 36.9 Å². The molecule has 3 aromatic rings. The maximum atomic E-state index is 14.2. The van der Waals surface area contributed by atoms with Gasteiger partial charge in [-0.3, -0.25) is 4.90 Å². The Balaban J connectivity index is 1.46. The van der Waals surface area contributed by atoms with E-state index in [1.165, 1.54) is 37.8 Å². The number of aliphatic hydroxyl groups is 1. The van der Waals surface area contributed by atoms with Gasteiger partial charge < -0.3 is 10.4 Å². The first-order valence-electron chi connectivity index (χ1n) is 13.7. The van der Waals surface area contributed by atoms with E-state index in [9.17, 15) is 13.9 Å². The summed E-state index contributed by atoms with van der Waals surface area (Å²) in [5.74, 6) is 0.166. The molecule has 0 spiro atoms. The van der Waals surface area contributed by atoms with Gasteiger partial charge in [0.25, 0.3) is 0 Å². The van der Waals surface area contributed by atoms with Gasteiger partial charge in [0.2, 0.25) is 0 Å². The second kappa shape index (κ2) is 12.3. The van der Waals surface area contributed by atoms with E-state index in [1.54, 1.807) is 0 Å². The molecule has 2 unspecified atom stereocenters. The molecule has 1 heterocycles. The lowest BCUT2D eigenvalue weighted by Gasteiger charge is -2.45. The van der Waals surface area contributed by atoms with Gasteiger partial charge in [-0.1, -0.05) is 79.9 Å². The third-order valence-electron chi connectivity index (χ3n) is 8.37. The molecule has 0 radical (unpaired) electrons. The van der Waals surface area contributed by atoms with Crippen LogP contribution in [-0.4, -0.2) is 34.7 Å². The lowest BCUT2D eigenvalue weighted by atomic mass is 9.72. The van der Waals surface area contributed by atoms with Crippen molar-refractivity contribution in [1.82, 2.24) is 10.2 Å². The summed E-state index contributed by atoms with van der Waals surface area (Å²) in [6.45, 7) is 2.20. The van der Waals surface area contributed by atoms with Crippen LogP contribution in [0.15, 0.2) is 78.9 Å². The van der Waals surface area contributed by atoms with Crippen molar-refractivity contribution in [2.24, 2.45) is 11.8 Å². The number of benzene rings is 3. The number of nitrogens with zero attached hydrogens (tertiary/aromatic N) is 1. The SMILES string of the molecule is O[C@H]([C@H]1CC2CCCCC2CN1)[C@H](Cc1cc(F)cc(F)c1)N(Cc1ccccc1)Cc1ccccc1. The van der Waals surface area contributed by atoms with Crippen LogP contribution in [0.3, 0.4) is 0 Å². The smallest absolute Gasteiger partial charge is 0.126 e. The first kappa shape index (κ1) is 26.0. The zero-order chi connectivity index (χ0) is 25.6. The number of aliphatic hydroxyl groups excluding tert-OH is 1. The van der Waals surface area contributed by atoms with Crippen molar-refractivity contribution in [3.05, 3.63) is 107 Å². The highest BCUT2D eigenvalue weighted by Gasteiger charge is 2.39. The molecule has 37 heavy (non-hydrogen) atoms. The van der Waals surface area contributed by atoms with Crippen LogP contribution in [0.2, 0.25) is 0 Å². The Morgan fingerprint density at radius 1 is 0.784 bits per heavy atom. The van der Waals surface area contributed by atoms with Crippen molar-refractivity contribution in [2.45, 2.75) is 69.8 Å². The van der Waals surface area contributed by atoms with Gasteiger partial charge >= 0.3 is 0 Å². The Morgan fingerprint density at radius 3 is 1.95 bits per heavy atom. The fourth-order valence-electron chi connectivity index (χ4n) is 6.47. The average molecular weight is 505 g/mol. The maximum absolute atomic E-state index is 14.2. The van der Waals surface area contributed by atoms with Crippen LogP contribution in [0.1, 0.15) is 48.8 Å². The summed E-state index contributed by atoms with van der Waals surface area (Å²) in [5.41, 5.74) is 2.86. The molecular formula is C32H38F2N2O. The Morgan fingerprint density at radius 2 is 1.35 bits per heavy atom. The summed E-state index contributed by atoms with van der Waals surface area (Å²) in [7, 11) is 0. The van der Waals surface area contributed by atoms with Crippen LogP contribution in [-0.2, 0) is 19.5 Å². The molecule has 5 rings (SSSR count). The quantitative estimate of drug-likeness (QED) is 0.369. The first-order valence-corrected chi connectivity index (χ1v) is 13.7. The minimum absolute atomic E-state index is 0.0446. The number of rotatable bonds is 9. The molecule has 2 N–H and O–H groups in total. The van der Waals surface area contributed by atoms with Crippen molar-refractivity contribution in [3.8, 4) is 0 Å². The second-order valence-corrected chi connectivity index (χ2v) is 11.0. The predicted molar refractivity (Wildman–Crippen MR) is 144 cm³/mol. The fourth-order valence-corrected chi connectivity index (χ4v) is 6.47. The van der Waals surface area contributed by atoms with Gasteiger partial charge in [-0.05, 0) is 66.5 Å². The molecular weight excluding hydrogens is 466 g/mol. The van der Waals surface area contributed by atoms with Crippen molar-refractivity contribution >= 4 is 0 Å². The highest BCUT2D eigenvalue weighted by Crippen LogP contribution is 2.37. The molecule has 1 aliphatic heterocycles. The summed E-state index contributed by atoms with van der Waals surface area (Å²) in [6, 6.07) is 23.8. The summed E-state index contributed by atoms with van der Waals surface area (Å²) in [4.78, 5) is 2.28. The Bertz CT molecular complexity index is 1060. The number of nitrogens with one attached hydrogen (secondary N) is 1.